The number of amides is 1. The molecule has 0 radical (unpaired) electrons. The Kier molecular flexibility index (Phi) is 3.85. The van der Waals surface area contributed by atoms with Gasteiger partial charge >= 0.3 is 0 Å². The number of nitrogens with two attached hydrogens (primary N) is 1. The van der Waals surface area contributed by atoms with Crippen LogP contribution in [0.5, 0.6) is 0 Å². The van der Waals surface area contributed by atoms with Crippen molar-refractivity contribution in [3.05, 3.63) is 29.8 Å². The summed E-state index contributed by atoms with van der Waals surface area (Å²) in [5.74, 6) is 2.69. The van der Waals surface area contributed by atoms with Crippen LogP contribution in [0.15, 0.2) is 24.3 Å². The topological polar surface area (TPSA) is 49.6 Å². The van der Waals surface area contributed by atoms with Crippen molar-refractivity contribution in [3.63, 3.8) is 0 Å². The van der Waals surface area contributed by atoms with Gasteiger partial charge in [0.1, 0.15) is 0 Å². The van der Waals surface area contributed by atoms with Gasteiger partial charge < -0.3 is 10.6 Å². The molecule has 0 unspecified atom stereocenters. The Morgan fingerprint density at radius 2 is 1.83 bits per heavy atom. The SMILES string of the molecule is C#CCN1CCN(C(=O)c2ccc(N)cc2)CC1. The second-order valence-electron chi connectivity index (χ2n) is 4.39. The Labute approximate surface area is 107 Å². The first-order chi connectivity index (χ1) is 8.70. The van der Waals surface area contributed by atoms with E-state index in [0.29, 0.717) is 17.8 Å². The number of carbonyl (C=O) groups excluding carboxylic acids is 1. The van der Waals surface area contributed by atoms with E-state index in [9.17, 15) is 4.79 Å². The summed E-state index contributed by atoms with van der Waals surface area (Å²) in [7, 11) is 0. The van der Waals surface area contributed by atoms with Crippen LogP contribution in [-0.2, 0) is 0 Å². The molecule has 0 atom stereocenters. The zero-order valence-electron chi connectivity index (χ0n) is 10.3. The molecule has 0 spiro atoms. The van der Waals surface area contributed by atoms with Gasteiger partial charge in [-0.3, -0.25) is 9.69 Å². The van der Waals surface area contributed by atoms with Gasteiger partial charge in [-0.15, -0.1) is 6.42 Å². The van der Waals surface area contributed by atoms with Crippen LogP contribution < -0.4 is 5.73 Å². The number of terminal acetylenes is 1. The quantitative estimate of drug-likeness (QED) is 0.613. The number of benzene rings is 1. The van der Waals surface area contributed by atoms with E-state index in [1.54, 1.807) is 24.3 Å². The minimum Gasteiger partial charge on any atom is -0.399 e. The lowest BCUT2D eigenvalue weighted by Crippen LogP contribution is -2.48. The molecule has 1 aliphatic rings. The maximum absolute atomic E-state index is 12.2. The average Bonchev–Trinajstić information content (AvgIpc) is 2.40. The number of carbonyl (C=O) groups is 1. The highest BCUT2D eigenvalue weighted by molar-refractivity contribution is 5.94. The summed E-state index contributed by atoms with van der Waals surface area (Å²) in [4.78, 5) is 16.2. The highest BCUT2D eigenvalue weighted by Gasteiger charge is 2.21. The molecule has 0 aromatic heterocycles. The van der Waals surface area contributed by atoms with Crippen LogP contribution in [0.25, 0.3) is 0 Å². The standard InChI is InChI=1S/C14H17N3O/c1-2-7-16-8-10-17(11-9-16)14(18)12-3-5-13(15)6-4-12/h1,3-6H,7-11,15H2. The molecular weight excluding hydrogens is 226 g/mol. The Bertz CT molecular complexity index is 453. The molecule has 4 nitrogen and oxygen atoms in total. The van der Waals surface area contributed by atoms with E-state index in [2.05, 4.69) is 10.8 Å². The Morgan fingerprint density at radius 3 is 2.39 bits per heavy atom. The van der Waals surface area contributed by atoms with Gasteiger partial charge in [-0.25, -0.2) is 0 Å². The molecule has 1 amide bonds. The van der Waals surface area contributed by atoms with Crippen molar-refractivity contribution in [3.8, 4) is 12.3 Å². The molecule has 1 heterocycles. The van der Waals surface area contributed by atoms with E-state index < -0.39 is 0 Å². The predicted octanol–water partition coefficient (Wildman–Crippen LogP) is 0.660. The Morgan fingerprint density at radius 1 is 1.22 bits per heavy atom. The number of hydrogen-bond donors (Lipinski definition) is 1. The summed E-state index contributed by atoms with van der Waals surface area (Å²) >= 11 is 0. The summed E-state index contributed by atoms with van der Waals surface area (Å²) in [5, 5.41) is 0. The van der Waals surface area contributed by atoms with Gasteiger partial charge in [0.05, 0.1) is 6.54 Å². The number of piperazine rings is 1. The highest BCUT2D eigenvalue weighted by Crippen LogP contribution is 2.10. The van der Waals surface area contributed by atoms with Crippen molar-refractivity contribution in [2.45, 2.75) is 0 Å². The van der Waals surface area contributed by atoms with Crippen molar-refractivity contribution >= 4 is 11.6 Å². The summed E-state index contributed by atoms with van der Waals surface area (Å²) < 4.78 is 0. The smallest absolute Gasteiger partial charge is 0.253 e. The van der Waals surface area contributed by atoms with Crippen LogP contribution in [0.4, 0.5) is 5.69 Å². The monoisotopic (exact) mass is 243 g/mol. The van der Waals surface area contributed by atoms with E-state index in [-0.39, 0.29) is 5.91 Å². The second kappa shape index (κ2) is 5.56. The van der Waals surface area contributed by atoms with Crippen molar-refractivity contribution in [1.82, 2.24) is 9.80 Å². The molecular formula is C14H17N3O. The van der Waals surface area contributed by atoms with Crippen molar-refractivity contribution in [2.24, 2.45) is 0 Å². The summed E-state index contributed by atoms with van der Waals surface area (Å²) in [6.45, 7) is 3.79. The van der Waals surface area contributed by atoms with Gasteiger partial charge in [0.15, 0.2) is 0 Å². The van der Waals surface area contributed by atoms with E-state index >= 15 is 0 Å². The van der Waals surface area contributed by atoms with Crippen LogP contribution in [-0.4, -0.2) is 48.4 Å². The zero-order chi connectivity index (χ0) is 13.0. The molecule has 2 N–H and O–H groups in total. The number of anilines is 1. The largest absolute Gasteiger partial charge is 0.399 e. The van der Waals surface area contributed by atoms with Gasteiger partial charge in [0, 0.05) is 37.4 Å². The fourth-order valence-electron chi connectivity index (χ4n) is 2.05. The van der Waals surface area contributed by atoms with Crippen molar-refractivity contribution < 1.29 is 4.79 Å². The van der Waals surface area contributed by atoms with Crippen LogP contribution in [0.2, 0.25) is 0 Å². The van der Waals surface area contributed by atoms with Gasteiger partial charge in [0.2, 0.25) is 0 Å². The normalized spacial score (nSPS) is 16.3. The van der Waals surface area contributed by atoms with E-state index in [1.165, 1.54) is 0 Å². The molecule has 4 heteroatoms. The summed E-state index contributed by atoms with van der Waals surface area (Å²) in [6.07, 6.45) is 5.27. The maximum atomic E-state index is 12.2. The van der Waals surface area contributed by atoms with Gasteiger partial charge in [-0.1, -0.05) is 5.92 Å². The summed E-state index contributed by atoms with van der Waals surface area (Å²) in [5.41, 5.74) is 6.97. The van der Waals surface area contributed by atoms with Crippen molar-refractivity contribution in [2.75, 3.05) is 38.5 Å². The lowest BCUT2D eigenvalue weighted by Gasteiger charge is -2.33. The van der Waals surface area contributed by atoms with Gasteiger partial charge in [-0.2, -0.15) is 0 Å². The molecule has 0 bridgehead atoms. The predicted molar refractivity (Wildman–Crippen MR) is 72.0 cm³/mol. The first kappa shape index (κ1) is 12.5. The van der Waals surface area contributed by atoms with Gasteiger partial charge in [-0.05, 0) is 24.3 Å². The second-order valence-corrected chi connectivity index (χ2v) is 4.39. The molecule has 1 aliphatic heterocycles. The van der Waals surface area contributed by atoms with Crippen LogP contribution in [0.3, 0.4) is 0 Å². The van der Waals surface area contributed by atoms with Crippen LogP contribution >= 0.6 is 0 Å². The molecule has 2 rings (SSSR count). The first-order valence-corrected chi connectivity index (χ1v) is 6.01. The molecule has 0 saturated carbocycles. The molecule has 18 heavy (non-hydrogen) atoms. The molecule has 1 saturated heterocycles. The fourth-order valence-corrected chi connectivity index (χ4v) is 2.05. The number of rotatable bonds is 2. The number of nitrogens with zero attached hydrogens (tertiary/aromatic N) is 2. The fraction of sp³-hybridized carbons (Fsp3) is 0.357. The average molecular weight is 243 g/mol. The van der Waals surface area contributed by atoms with E-state index in [0.717, 1.165) is 26.2 Å². The van der Waals surface area contributed by atoms with E-state index in [1.807, 2.05) is 4.90 Å². The number of nitrogen functional groups attached to an aromatic ring is 1. The van der Waals surface area contributed by atoms with Gasteiger partial charge in [0.25, 0.3) is 5.91 Å². The molecule has 1 aromatic rings. The highest BCUT2D eigenvalue weighted by atomic mass is 16.2. The first-order valence-electron chi connectivity index (χ1n) is 6.01. The molecule has 1 aromatic carbocycles. The number of hydrogen-bond acceptors (Lipinski definition) is 3. The maximum Gasteiger partial charge on any atom is 0.253 e. The summed E-state index contributed by atoms with van der Waals surface area (Å²) in [6, 6.07) is 7.04. The van der Waals surface area contributed by atoms with E-state index in [4.69, 9.17) is 12.2 Å². The van der Waals surface area contributed by atoms with Crippen LogP contribution in [0.1, 0.15) is 10.4 Å². The molecule has 1 fully saturated rings. The minimum absolute atomic E-state index is 0.0651. The lowest BCUT2D eigenvalue weighted by atomic mass is 10.1. The molecule has 0 aliphatic carbocycles. The Balaban J connectivity index is 1.95. The third kappa shape index (κ3) is 2.82. The third-order valence-electron chi connectivity index (χ3n) is 3.13. The third-order valence-corrected chi connectivity index (χ3v) is 3.13. The molecule has 94 valence electrons. The Hall–Kier alpha value is -1.99. The lowest BCUT2D eigenvalue weighted by molar-refractivity contribution is 0.0652. The van der Waals surface area contributed by atoms with Crippen LogP contribution in [0, 0.1) is 12.3 Å². The zero-order valence-corrected chi connectivity index (χ0v) is 10.3. The minimum atomic E-state index is 0.0651. The van der Waals surface area contributed by atoms with Crippen molar-refractivity contribution in [1.29, 1.82) is 0 Å².